The summed E-state index contributed by atoms with van der Waals surface area (Å²) in [7, 11) is 1.57. The smallest absolute Gasteiger partial charge is 0.416 e. The molecule has 6 N–H and O–H groups in total. The highest BCUT2D eigenvalue weighted by atomic mass is 35.5. The van der Waals surface area contributed by atoms with Gasteiger partial charge in [0, 0.05) is 28.8 Å². The Kier molecular flexibility index (Phi) is 27.0. The Bertz CT molecular complexity index is 4830. The molecule has 0 aliphatic rings. The molecule has 102 heavy (non-hydrogen) atoms. The minimum Gasteiger partial charge on any atom is -0.496 e. The van der Waals surface area contributed by atoms with Crippen LogP contribution in [0.5, 0.6) is 5.75 Å². The molecule has 516 valence electrons. The van der Waals surface area contributed by atoms with Gasteiger partial charge in [0.05, 0.1) is 51.1 Å². The number of ether oxygens (including phenoxy) is 1. The lowest BCUT2D eigenvalue weighted by Crippen LogP contribution is -2.08. The molecule has 0 fully saturated rings. The number of carboxylic acids is 6. The van der Waals surface area contributed by atoms with E-state index in [0.29, 0.717) is 34.1 Å². The summed E-state index contributed by atoms with van der Waals surface area (Å²) < 4.78 is 95.9. The largest absolute Gasteiger partial charge is 0.496 e. The Morgan fingerprint density at radius 2 is 0.725 bits per heavy atom. The molecular formula is C81H58ClF7O13. The molecule has 0 radical (unpaired) electrons. The van der Waals surface area contributed by atoms with Gasteiger partial charge in [-0.15, -0.1) is 0 Å². The summed E-state index contributed by atoms with van der Waals surface area (Å²) >= 11 is 5.80. The number of halogens is 8. The zero-order chi connectivity index (χ0) is 74.2. The fourth-order valence-corrected chi connectivity index (χ4v) is 9.98. The number of rotatable bonds is 13. The summed E-state index contributed by atoms with van der Waals surface area (Å²) in [6.45, 7) is 1.84. The fraction of sp³-hybridized carbons (Fsp3) is 0.0370. The normalized spacial score (nSPS) is 10.3. The predicted octanol–water partition coefficient (Wildman–Crippen LogP) is 20.9. The molecule has 0 atom stereocenters. The van der Waals surface area contributed by atoms with Gasteiger partial charge in [-0.25, -0.2) is 46.3 Å². The van der Waals surface area contributed by atoms with Gasteiger partial charge in [0.1, 0.15) is 29.0 Å². The van der Waals surface area contributed by atoms with E-state index in [-0.39, 0.29) is 49.5 Å². The van der Waals surface area contributed by atoms with E-state index in [1.54, 1.807) is 86.0 Å². The van der Waals surface area contributed by atoms with E-state index in [1.165, 1.54) is 60.7 Å². The van der Waals surface area contributed by atoms with Crippen molar-refractivity contribution in [2.24, 2.45) is 0 Å². The molecule has 12 aromatic rings. The topological polar surface area (TPSA) is 233 Å². The maximum atomic E-state index is 13.5. The second kappa shape index (κ2) is 36.1. The molecule has 0 unspecified atom stereocenters. The van der Waals surface area contributed by atoms with Crippen molar-refractivity contribution < 1.29 is 94.9 Å². The molecule has 0 saturated carbocycles. The van der Waals surface area contributed by atoms with E-state index in [4.69, 9.17) is 47.0 Å². The summed E-state index contributed by atoms with van der Waals surface area (Å²) in [5, 5.41) is 53.7. The third kappa shape index (κ3) is 21.5. The molecule has 0 spiro atoms. The summed E-state index contributed by atoms with van der Waals surface area (Å²) in [6.07, 6.45) is -4.57. The van der Waals surface area contributed by atoms with Crippen LogP contribution in [0, 0.1) is 30.2 Å². The molecule has 0 heterocycles. The van der Waals surface area contributed by atoms with Crippen molar-refractivity contribution in [3.05, 3.63) is 352 Å². The molecule has 0 aliphatic carbocycles. The Morgan fingerprint density at radius 3 is 1.15 bits per heavy atom. The minimum absolute atomic E-state index is 0.0613. The number of aromatic carboxylic acids is 6. The molecule has 12 aromatic carbocycles. The number of carboxylic acid groups (broad SMARTS) is 6. The molecule has 0 aliphatic heterocycles. The first-order chi connectivity index (χ1) is 48.6. The summed E-state index contributed by atoms with van der Waals surface area (Å²) in [4.78, 5) is 65.3. The van der Waals surface area contributed by atoms with Gasteiger partial charge in [-0.05, 0) is 166 Å². The van der Waals surface area contributed by atoms with E-state index in [0.717, 1.165) is 69.3 Å². The molecule has 0 bridgehead atoms. The number of hydrogen-bond donors (Lipinski definition) is 6. The van der Waals surface area contributed by atoms with Crippen LogP contribution in [0.1, 0.15) is 73.3 Å². The quantitative estimate of drug-likeness (QED) is 0.0591. The Balaban J connectivity index is 0.000000172. The number of methoxy groups -OCH3 is 1. The predicted molar refractivity (Wildman–Crippen MR) is 374 cm³/mol. The van der Waals surface area contributed by atoms with Crippen LogP contribution < -0.4 is 4.74 Å². The summed E-state index contributed by atoms with van der Waals surface area (Å²) in [5.74, 6) is -8.49. The van der Waals surface area contributed by atoms with E-state index in [1.807, 2.05) is 110 Å². The van der Waals surface area contributed by atoms with Crippen molar-refractivity contribution in [1.82, 2.24) is 0 Å². The van der Waals surface area contributed by atoms with Gasteiger partial charge < -0.3 is 35.4 Å². The minimum atomic E-state index is -4.57. The third-order valence-corrected chi connectivity index (χ3v) is 15.1. The van der Waals surface area contributed by atoms with Gasteiger partial charge in [0.15, 0.2) is 0 Å². The van der Waals surface area contributed by atoms with Crippen molar-refractivity contribution in [3.8, 4) is 72.5 Å². The lowest BCUT2D eigenvalue weighted by Gasteiger charge is -2.10. The van der Waals surface area contributed by atoms with Crippen LogP contribution in [0.25, 0.3) is 66.8 Å². The van der Waals surface area contributed by atoms with Gasteiger partial charge in [-0.2, -0.15) is 13.2 Å². The maximum absolute atomic E-state index is 13.5. The van der Waals surface area contributed by atoms with Gasteiger partial charge in [-0.1, -0.05) is 175 Å². The van der Waals surface area contributed by atoms with Gasteiger partial charge in [-0.3, -0.25) is 0 Å². The Morgan fingerprint density at radius 1 is 0.324 bits per heavy atom. The van der Waals surface area contributed by atoms with Crippen molar-refractivity contribution in [3.63, 3.8) is 0 Å². The standard InChI is InChI=1S/C14H9F3O2.C14H12O3.C14H12O2.C13H9ClO2.2C13H8F2O2/c15-14(16,17)12-7-10(6-11(8-12)13(18)19)9-4-2-1-3-5-9;1-17-13-8-7-11(14(15)16)9-12(13)10-5-3-2-4-6-10;1-10-12(11-6-3-2-4-7-11)8-5-9-13(10)14(15)16;14-12-7-6-10(8-11(12)13(15)16)9-4-2-1-3-5-9;2*14-10-4-5-11(12(15)7-10)8-2-1-3-9(6-8)13(16)17/h1-8H,(H,18,19);2-9H,1H3,(H,15,16);2-9H,1H3,(H,15,16);1-8H,(H,15,16);2*1-7H,(H,16,17). The van der Waals surface area contributed by atoms with Crippen molar-refractivity contribution in [1.29, 1.82) is 0 Å². The number of carbonyl (C=O) groups is 6. The highest BCUT2D eigenvalue weighted by molar-refractivity contribution is 6.33. The highest BCUT2D eigenvalue weighted by Gasteiger charge is 2.32. The highest BCUT2D eigenvalue weighted by Crippen LogP contribution is 2.35. The molecule has 0 aromatic heterocycles. The van der Waals surface area contributed by atoms with E-state index < -0.39 is 70.8 Å². The van der Waals surface area contributed by atoms with Crippen molar-refractivity contribution in [2.45, 2.75) is 13.1 Å². The molecule has 13 nitrogen and oxygen atoms in total. The van der Waals surface area contributed by atoms with Gasteiger partial charge in [0.2, 0.25) is 0 Å². The van der Waals surface area contributed by atoms with Crippen molar-refractivity contribution >= 4 is 47.4 Å². The zero-order valence-corrected chi connectivity index (χ0v) is 54.4. The Labute approximate surface area is 584 Å². The van der Waals surface area contributed by atoms with E-state index >= 15 is 0 Å². The first-order valence-electron chi connectivity index (χ1n) is 30.2. The SMILES string of the molecule is COc1ccc(C(=O)O)cc1-c1ccccc1.Cc1c(C(=O)O)cccc1-c1ccccc1.O=C(O)c1cc(-c2ccccc2)cc(C(F)(F)F)c1.O=C(O)c1cc(-c2ccccc2)ccc1Cl.O=C(O)c1cccc(-c2ccc(F)cc2F)c1.O=C(O)c1cccc(-c2ccc(F)cc2F)c1. The van der Waals surface area contributed by atoms with E-state index in [9.17, 15) is 59.5 Å². The first-order valence-corrected chi connectivity index (χ1v) is 30.5. The van der Waals surface area contributed by atoms with Crippen LogP contribution in [0.4, 0.5) is 30.7 Å². The van der Waals surface area contributed by atoms with Crippen LogP contribution in [0.3, 0.4) is 0 Å². The monoisotopic (exact) mass is 1410 g/mol. The number of hydrogen-bond acceptors (Lipinski definition) is 7. The second-order valence-corrected chi connectivity index (χ2v) is 22.0. The third-order valence-electron chi connectivity index (χ3n) is 14.8. The summed E-state index contributed by atoms with van der Waals surface area (Å²) in [5.41, 5.74) is 7.82. The van der Waals surface area contributed by atoms with Gasteiger partial charge >= 0.3 is 42.0 Å². The molecule has 21 heteroatoms. The van der Waals surface area contributed by atoms with Crippen LogP contribution >= 0.6 is 11.6 Å². The van der Waals surface area contributed by atoms with E-state index in [2.05, 4.69) is 0 Å². The first kappa shape index (κ1) is 76.4. The average Bonchev–Trinajstić information content (AvgIpc) is 0.835. The lowest BCUT2D eigenvalue weighted by atomic mass is 9.97. The summed E-state index contributed by atoms with van der Waals surface area (Å²) in [6, 6.07) is 73.3. The average molecular weight is 1410 g/mol. The van der Waals surface area contributed by atoms with Crippen LogP contribution in [-0.2, 0) is 6.18 Å². The Hall–Kier alpha value is -12.9. The molecule has 12 rings (SSSR count). The molecular weight excluding hydrogens is 1350 g/mol. The number of alkyl halides is 3. The fourth-order valence-electron chi connectivity index (χ4n) is 9.78. The molecule has 0 saturated heterocycles. The van der Waals surface area contributed by atoms with Crippen LogP contribution in [0.15, 0.2) is 279 Å². The number of benzene rings is 12. The maximum Gasteiger partial charge on any atom is 0.416 e. The lowest BCUT2D eigenvalue weighted by molar-refractivity contribution is -0.137. The molecule has 0 amide bonds. The van der Waals surface area contributed by atoms with Crippen LogP contribution in [-0.4, -0.2) is 73.6 Å². The van der Waals surface area contributed by atoms with Gasteiger partial charge in [0.25, 0.3) is 0 Å². The van der Waals surface area contributed by atoms with Crippen LogP contribution in [0.2, 0.25) is 5.02 Å². The van der Waals surface area contributed by atoms with Crippen molar-refractivity contribution in [2.75, 3.05) is 7.11 Å². The zero-order valence-electron chi connectivity index (χ0n) is 53.6. The second-order valence-electron chi connectivity index (χ2n) is 21.6.